The van der Waals surface area contributed by atoms with E-state index in [9.17, 15) is 4.21 Å². The van der Waals surface area contributed by atoms with Gasteiger partial charge in [-0.05, 0) is 30.6 Å². The average Bonchev–Trinajstić information content (AvgIpc) is 2.04. The fourth-order valence-electron chi connectivity index (χ4n) is 0.773. The first-order valence-corrected chi connectivity index (χ1v) is 5.78. The summed E-state index contributed by atoms with van der Waals surface area (Å²) in [6, 6.07) is 3.28. The van der Waals surface area contributed by atoms with E-state index in [1.165, 1.54) is 6.20 Å². The van der Waals surface area contributed by atoms with Crippen molar-refractivity contribution in [1.82, 2.24) is 4.98 Å². The molecule has 1 unspecified atom stereocenters. The Morgan fingerprint density at radius 1 is 1.54 bits per heavy atom. The zero-order chi connectivity index (χ0) is 9.84. The Kier molecular flexibility index (Phi) is 3.69. The van der Waals surface area contributed by atoms with Crippen molar-refractivity contribution in [2.24, 2.45) is 0 Å². The molecule has 13 heavy (non-hydrogen) atoms. The highest BCUT2D eigenvalue weighted by Crippen LogP contribution is 2.13. The predicted molar refractivity (Wildman–Crippen MR) is 52.3 cm³/mol. The molecule has 1 rings (SSSR count). The van der Waals surface area contributed by atoms with Gasteiger partial charge in [-0.2, -0.15) is 0 Å². The topological polar surface area (TPSA) is 39.2 Å². The van der Waals surface area contributed by atoms with E-state index in [4.69, 9.17) is 15.4 Å². The van der Waals surface area contributed by atoms with E-state index in [-0.39, 0.29) is 6.10 Å². The van der Waals surface area contributed by atoms with Crippen LogP contribution in [0.15, 0.2) is 23.2 Å². The Bertz CT molecular complexity index is 300. The van der Waals surface area contributed by atoms with Crippen LogP contribution >= 0.6 is 10.7 Å². The normalized spacial score (nSPS) is 12.9. The van der Waals surface area contributed by atoms with E-state index < -0.39 is 10.0 Å². The van der Waals surface area contributed by atoms with Crippen molar-refractivity contribution in [2.45, 2.75) is 24.8 Å². The highest BCUT2D eigenvalue weighted by atomic mass is 35.7. The Labute approximate surface area is 84.0 Å². The summed E-state index contributed by atoms with van der Waals surface area (Å²) in [5.41, 5.74) is 0. The molecule has 0 aromatic carbocycles. The first kappa shape index (κ1) is 10.5. The molecule has 1 atom stereocenters. The number of rotatable bonds is 3. The van der Waals surface area contributed by atoms with Crippen LogP contribution < -0.4 is 4.74 Å². The largest absolute Gasteiger partial charge is 0.475 e. The summed E-state index contributed by atoms with van der Waals surface area (Å²) in [6.45, 7) is 3.82. The second-order valence-electron chi connectivity index (χ2n) is 2.72. The second kappa shape index (κ2) is 4.58. The van der Waals surface area contributed by atoms with Crippen molar-refractivity contribution in [3.05, 3.63) is 18.3 Å². The van der Waals surface area contributed by atoms with Gasteiger partial charge in [0, 0.05) is 12.3 Å². The highest BCUT2D eigenvalue weighted by Gasteiger charge is 2.02. The quantitative estimate of drug-likeness (QED) is 0.732. The molecule has 0 fully saturated rings. The van der Waals surface area contributed by atoms with Gasteiger partial charge in [0.15, 0.2) is 0 Å². The number of ether oxygens (including phenoxy) is 1. The van der Waals surface area contributed by atoms with Gasteiger partial charge in [0.25, 0.3) is 0 Å². The number of aromatic nitrogens is 1. The number of hydrogen-bond donors (Lipinski definition) is 0. The van der Waals surface area contributed by atoms with Crippen LogP contribution in [0.1, 0.15) is 13.8 Å². The van der Waals surface area contributed by atoms with Gasteiger partial charge in [0.2, 0.25) is 5.88 Å². The molecule has 5 heteroatoms. The van der Waals surface area contributed by atoms with Crippen molar-refractivity contribution in [3.8, 4) is 5.88 Å². The third-order valence-corrected chi connectivity index (χ3v) is 2.40. The third-order valence-electron chi connectivity index (χ3n) is 1.25. The van der Waals surface area contributed by atoms with Crippen molar-refractivity contribution < 1.29 is 8.95 Å². The molecule has 0 amide bonds. The van der Waals surface area contributed by atoms with Crippen molar-refractivity contribution in [3.63, 3.8) is 0 Å². The van der Waals surface area contributed by atoms with Crippen LogP contribution in [0.25, 0.3) is 0 Å². The molecule has 1 heterocycles. The fraction of sp³-hybridized carbons (Fsp3) is 0.375. The molecule has 0 N–H and O–H groups in total. The molecule has 0 radical (unpaired) electrons. The Balaban J connectivity index is 2.75. The lowest BCUT2D eigenvalue weighted by Gasteiger charge is -2.07. The van der Waals surface area contributed by atoms with Gasteiger partial charge in [-0.1, -0.05) is 0 Å². The average molecular weight is 220 g/mol. The van der Waals surface area contributed by atoms with E-state index in [1.807, 2.05) is 13.8 Å². The minimum absolute atomic E-state index is 0.0832. The van der Waals surface area contributed by atoms with Gasteiger partial charge in [-0.25, -0.2) is 9.19 Å². The van der Waals surface area contributed by atoms with Crippen LogP contribution in [-0.2, 0) is 10.0 Å². The minimum atomic E-state index is -1.50. The van der Waals surface area contributed by atoms with Crippen LogP contribution in [0.3, 0.4) is 0 Å². The van der Waals surface area contributed by atoms with Crippen LogP contribution in [0, 0.1) is 0 Å². The number of hydrogen-bond acceptors (Lipinski definition) is 3. The summed E-state index contributed by atoms with van der Waals surface area (Å²) in [7, 11) is 3.86. The molecule has 0 spiro atoms. The van der Waals surface area contributed by atoms with Crippen LogP contribution in [0.4, 0.5) is 0 Å². The van der Waals surface area contributed by atoms with Crippen LogP contribution in [0.2, 0.25) is 0 Å². The minimum Gasteiger partial charge on any atom is -0.475 e. The number of halogens is 1. The Morgan fingerprint density at radius 3 is 2.62 bits per heavy atom. The lowest BCUT2D eigenvalue weighted by atomic mass is 10.4. The summed E-state index contributed by atoms with van der Waals surface area (Å²) >= 11 is 0. The number of nitrogens with zero attached hydrogens (tertiary/aromatic N) is 1. The lowest BCUT2D eigenvalue weighted by Crippen LogP contribution is -2.06. The maximum absolute atomic E-state index is 10.8. The van der Waals surface area contributed by atoms with Gasteiger partial charge in [0.1, 0.15) is 10.0 Å². The number of pyridine rings is 1. The van der Waals surface area contributed by atoms with E-state index in [1.54, 1.807) is 12.1 Å². The molecule has 0 saturated carbocycles. The molecule has 1 aromatic heterocycles. The molecular formula is C8H10ClNO2S. The van der Waals surface area contributed by atoms with E-state index in [2.05, 4.69) is 4.98 Å². The molecule has 0 aliphatic heterocycles. The summed E-state index contributed by atoms with van der Waals surface area (Å²) in [5, 5.41) is 0. The zero-order valence-electron chi connectivity index (χ0n) is 7.36. The van der Waals surface area contributed by atoms with Crippen molar-refractivity contribution in [1.29, 1.82) is 0 Å². The molecular weight excluding hydrogens is 210 g/mol. The van der Waals surface area contributed by atoms with Crippen LogP contribution in [-0.4, -0.2) is 15.3 Å². The second-order valence-corrected chi connectivity index (χ2v) is 4.48. The monoisotopic (exact) mass is 219 g/mol. The summed E-state index contributed by atoms with van der Waals surface area (Å²) in [4.78, 5) is 4.42. The molecule has 72 valence electrons. The summed E-state index contributed by atoms with van der Waals surface area (Å²) < 4.78 is 16.1. The maximum atomic E-state index is 10.8. The van der Waals surface area contributed by atoms with Gasteiger partial charge in [-0.3, -0.25) is 0 Å². The zero-order valence-corrected chi connectivity index (χ0v) is 8.93. The Hall–Kier alpha value is -0.610. The molecule has 0 aliphatic rings. The van der Waals surface area contributed by atoms with Gasteiger partial charge in [0.05, 0.1) is 11.0 Å². The third kappa shape index (κ3) is 3.32. The van der Waals surface area contributed by atoms with Gasteiger partial charge >= 0.3 is 0 Å². The van der Waals surface area contributed by atoms with Crippen molar-refractivity contribution in [2.75, 3.05) is 0 Å². The highest BCUT2D eigenvalue weighted by molar-refractivity contribution is 8.08. The standard InChI is InChI=1S/C8H10ClNO2S/c1-6(2)12-8-4-3-7(5-10-8)13(9)11/h3-6H,1-2H3. The molecule has 0 bridgehead atoms. The molecule has 0 saturated heterocycles. The van der Waals surface area contributed by atoms with Crippen molar-refractivity contribution >= 4 is 20.7 Å². The van der Waals surface area contributed by atoms with E-state index in [0.29, 0.717) is 10.8 Å². The SMILES string of the molecule is CC(C)Oc1ccc(S(=O)Cl)cn1. The first-order chi connectivity index (χ1) is 6.09. The van der Waals surface area contributed by atoms with Crippen LogP contribution in [0.5, 0.6) is 5.88 Å². The van der Waals surface area contributed by atoms with Gasteiger partial charge in [-0.15, -0.1) is 0 Å². The Morgan fingerprint density at radius 2 is 2.23 bits per heavy atom. The molecule has 3 nitrogen and oxygen atoms in total. The predicted octanol–water partition coefficient (Wildman–Crippen LogP) is 2.13. The molecule has 1 aromatic rings. The smallest absolute Gasteiger partial charge is 0.213 e. The summed E-state index contributed by atoms with van der Waals surface area (Å²) in [6.07, 6.45) is 1.53. The van der Waals surface area contributed by atoms with E-state index in [0.717, 1.165) is 0 Å². The summed E-state index contributed by atoms with van der Waals surface area (Å²) in [5.74, 6) is 0.515. The van der Waals surface area contributed by atoms with E-state index >= 15 is 0 Å². The molecule has 0 aliphatic carbocycles. The lowest BCUT2D eigenvalue weighted by molar-refractivity contribution is 0.232. The fourth-order valence-corrected chi connectivity index (χ4v) is 1.36. The van der Waals surface area contributed by atoms with Gasteiger partial charge < -0.3 is 4.74 Å². The maximum Gasteiger partial charge on any atom is 0.213 e. The first-order valence-electron chi connectivity index (χ1n) is 3.80.